The third-order valence-corrected chi connectivity index (χ3v) is 3.05. The first-order valence-electron chi connectivity index (χ1n) is 7.27. The van der Waals surface area contributed by atoms with Crippen LogP contribution in [0.25, 0.3) is 0 Å². The normalized spacial score (nSPS) is 12.1. The molecule has 1 N–H and O–H groups in total. The van der Waals surface area contributed by atoms with Gasteiger partial charge in [0.25, 0.3) is 0 Å². The van der Waals surface area contributed by atoms with Gasteiger partial charge in [0.05, 0.1) is 0 Å². The lowest BCUT2D eigenvalue weighted by Gasteiger charge is -2.16. The third kappa shape index (κ3) is 10.3. The van der Waals surface area contributed by atoms with Gasteiger partial charge in [-0.15, -0.1) is 0 Å². The maximum absolute atomic E-state index is 10.9. The monoisotopic (exact) mass is 255 g/mol. The summed E-state index contributed by atoms with van der Waals surface area (Å²) < 4.78 is 5.03. The summed E-state index contributed by atoms with van der Waals surface area (Å²) in [5.41, 5.74) is 0. The molecule has 0 heterocycles. The SMILES string of the molecule is C=CC(=O)OCC(CC)NCCCCCCCC. The number of hydrogen-bond acceptors (Lipinski definition) is 3. The van der Waals surface area contributed by atoms with Crippen molar-refractivity contribution in [3.63, 3.8) is 0 Å². The molecule has 0 bridgehead atoms. The van der Waals surface area contributed by atoms with E-state index in [1.807, 2.05) is 0 Å². The van der Waals surface area contributed by atoms with Gasteiger partial charge in [0.2, 0.25) is 0 Å². The standard InChI is InChI=1S/C15H29NO2/c1-4-7-8-9-10-11-12-16-14(5-2)13-18-15(17)6-3/h6,14,16H,3-5,7-13H2,1-2H3. The number of carbonyl (C=O) groups is 1. The highest BCUT2D eigenvalue weighted by molar-refractivity contribution is 5.81. The van der Waals surface area contributed by atoms with Gasteiger partial charge in [-0.25, -0.2) is 4.79 Å². The number of carbonyl (C=O) groups excluding carboxylic acids is 1. The molecule has 1 unspecified atom stereocenters. The number of nitrogens with one attached hydrogen (secondary N) is 1. The van der Waals surface area contributed by atoms with Gasteiger partial charge < -0.3 is 10.1 Å². The van der Waals surface area contributed by atoms with Crippen LogP contribution in [-0.4, -0.2) is 25.2 Å². The molecule has 0 fully saturated rings. The van der Waals surface area contributed by atoms with E-state index in [2.05, 4.69) is 25.7 Å². The second-order valence-corrected chi connectivity index (χ2v) is 4.66. The van der Waals surface area contributed by atoms with E-state index in [-0.39, 0.29) is 12.0 Å². The van der Waals surface area contributed by atoms with Crippen molar-refractivity contribution in [2.24, 2.45) is 0 Å². The Bertz CT molecular complexity index is 217. The Balaban J connectivity index is 3.44. The fraction of sp³-hybridized carbons (Fsp3) is 0.800. The maximum atomic E-state index is 10.9. The summed E-state index contributed by atoms with van der Waals surface area (Å²) in [6.07, 6.45) is 10.0. The van der Waals surface area contributed by atoms with Crippen LogP contribution in [0.2, 0.25) is 0 Å². The molecule has 0 rings (SSSR count). The Kier molecular flexibility index (Phi) is 12.0. The quantitative estimate of drug-likeness (QED) is 0.330. The molecule has 0 aromatic heterocycles. The van der Waals surface area contributed by atoms with Crippen molar-refractivity contribution >= 4 is 5.97 Å². The first-order chi connectivity index (χ1) is 8.74. The maximum Gasteiger partial charge on any atom is 0.330 e. The highest BCUT2D eigenvalue weighted by Crippen LogP contribution is 2.04. The van der Waals surface area contributed by atoms with Crippen molar-refractivity contribution in [3.05, 3.63) is 12.7 Å². The lowest BCUT2D eigenvalue weighted by Crippen LogP contribution is -2.34. The van der Waals surface area contributed by atoms with E-state index in [0.717, 1.165) is 13.0 Å². The molecular weight excluding hydrogens is 226 g/mol. The van der Waals surface area contributed by atoms with E-state index >= 15 is 0 Å². The molecule has 0 saturated heterocycles. The molecule has 0 spiro atoms. The van der Waals surface area contributed by atoms with Crippen molar-refractivity contribution in [2.75, 3.05) is 13.2 Å². The summed E-state index contributed by atoms with van der Waals surface area (Å²) in [6, 6.07) is 0.268. The van der Waals surface area contributed by atoms with Crippen LogP contribution in [0.1, 0.15) is 58.8 Å². The molecule has 0 amide bonds. The second kappa shape index (κ2) is 12.6. The van der Waals surface area contributed by atoms with Crippen molar-refractivity contribution in [3.8, 4) is 0 Å². The van der Waals surface area contributed by atoms with E-state index < -0.39 is 0 Å². The van der Waals surface area contributed by atoms with Gasteiger partial charge in [-0.3, -0.25) is 0 Å². The van der Waals surface area contributed by atoms with Gasteiger partial charge in [0.1, 0.15) is 6.61 Å². The number of unbranched alkanes of at least 4 members (excludes halogenated alkanes) is 5. The van der Waals surface area contributed by atoms with Crippen LogP contribution in [0.15, 0.2) is 12.7 Å². The molecule has 3 heteroatoms. The number of esters is 1. The summed E-state index contributed by atoms with van der Waals surface area (Å²) in [6.45, 7) is 9.16. The molecule has 3 nitrogen and oxygen atoms in total. The minimum atomic E-state index is -0.338. The molecule has 0 saturated carbocycles. The van der Waals surface area contributed by atoms with Crippen LogP contribution in [0, 0.1) is 0 Å². The highest BCUT2D eigenvalue weighted by atomic mass is 16.5. The van der Waals surface area contributed by atoms with Crippen molar-refractivity contribution < 1.29 is 9.53 Å². The van der Waals surface area contributed by atoms with Crippen LogP contribution in [0.5, 0.6) is 0 Å². The Labute approximate surface area is 112 Å². The van der Waals surface area contributed by atoms with Crippen molar-refractivity contribution in [2.45, 2.75) is 64.8 Å². The van der Waals surface area contributed by atoms with Crippen LogP contribution >= 0.6 is 0 Å². The minimum absolute atomic E-state index is 0.268. The number of hydrogen-bond donors (Lipinski definition) is 1. The van der Waals surface area contributed by atoms with Gasteiger partial charge in [-0.1, -0.05) is 52.5 Å². The Hall–Kier alpha value is -0.830. The van der Waals surface area contributed by atoms with E-state index in [9.17, 15) is 4.79 Å². The summed E-state index contributed by atoms with van der Waals surface area (Å²) >= 11 is 0. The molecule has 0 aliphatic heterocycles. The first-order valence-corrected chi connectivity index (χ1v) is 7.27. The topological polar surface area (TPSA) is 38.3 Å². The average molecular weight is 255 g/mol. The summed E-state index contributed by atoms with van der Waals surface area (Å²) in [5.74, 6) is -0.338. The van der Waals surface area contributed by atoms with Crippen LogP contribution in [-0.2, 0) is 9.53 Å². The lowest BCUT2D eigenvalue weighted by atomic mass is 10.1. The van der Waals surface area contributed by atoms with Gasteiger partial charge in [-0.2, -0.15) is 0 Å². The largest absolute Gasteiger partial charge is 0.461 e. The fourth-order valence-corrected chi connectivity index (χ4v) is 1.77. The van der Waals surface area contributed by atoms with Gasteiger partial charge in [0, 0.05) is 12.1 Å². The zero-order chi connectivity index (χ0) is 13.6. The third-order valence-electron chi connectivity index (χ3n) is 3.05. The summed E-state index contributed by atoms with van der Waals surface area (Å²) in [4.78, 5) is 10.9. The smallest absolute Gasteiger partial charge is 0.330 e. The summed E-state index contributed by atoms with van der Waals surface area (Å²) in [7, 11) is 0. The molecular formula is C15H29NO2. The van der Waals surface area contributed by atoms with Gasteiger partial charge in [-0.05, 0) is 19.4 Å². The van der Waals surface area contributed by atoms with E-state index in [0.29, 0.717) is 6.61 Å². The minimum Gasteiger partial charge on any atom is -0.461 e. The molecule has 0 radical (unpaired) electrons. The summed E-state index contributed by atoms with van der Waals surface area (Å²) in [5, 5.41) is 3.43. The first kappa shape index (κ1) is 17.2. The average Bonchev–Trinajstić information content (AvgIpc) is 2.40. The highest BCUT2D eigenvalue weighted by Gasteiger charge is 2.07. The van der Waals surface area contributed by atoms with E-state index in [1.165, 1.54) is 44.6 Å². The molecule has 1 atom stereocenters. The predicted octanol–water partition coefficient (Wildman–Crippen LogP) is 3.44. The predicted molar refractivity (Wildman–Crippen MR) is 76.6 cm³/mol. The van der Waals surface area contributed by atoms with E-state index in [4.69, 9.17) is 4.74 Å². The molecule has 18 heavy (non-hydrogen) atoms. The zero-order valence-electron chi connectivity index (χ0n) is 12.0. The number of rotatable bonds is 12. The molecule has 0 aliphatic carbocycles. The lowest BCUT2D eigenvalue weighted by molar-refractivity contribution is -0.138. The Morgan fingerprint density at radius 3 is 2.50 bits per heavy atom. The van der Waals surface area contributed by atoms with Crippen LogP contribution < -0.4 is 5.32 Å². The Morgan fingerprint density at radius 1 is 1.22 bits per heavy atom. The second-order valence-electron chi connectivity index (χ2n) is 4.66. The van der Waals surface area contributed by atoms with Crippen molar-refractivity contribution in [1.29, 1.82) is 0 Å². The molecule has 0 aromatic carbocycles. The van der Waals surface area contributed by atoms with Crippen molar-refractivity contribution in [1.82, 2.24) is 5.32 Å². The molecule has 0 aliphatic rings. The molecule has 106 valence electrons. The Morgan fingerprint density at radius 2 is 1.89 bits per heavy atom. The zero-order valence-corrected chi connectivity index (χ0v) is 12.0. The number of ether oxygens (including phenoxy) is 1. The van der Waals surface area contributed by atoms with Crippen LogP contribution in [0.3, 0.4) is 0 Å². The van der Waals surface area contributed by atoms with E-state index in [1.54, 1.807) is 0 Å². The molecule has 0 aromatic rings. The van der Waals surface area contributed by atoms with Crippen LogP contribution in [0.4, 0.5) is 0 Å². The van der Waals surface area contributed by atoms with Gasteiger partial charge >= 0.3 is 5.97 Å². The van der Waals surface area contributed by atoms with Gasteiger partial charge in [0.15, 0.2) is 0 Å². The fourth-order valence-electron chi connectivity index (χ4n) is 1.77.